The van der Waals surface area contributed by atoms with Crippen LogP contribution in [0.1, 0.15) is 21.6 Å². The molecular weight excluding hydrogens is 660 g/mol. The van der Waals surface area contributed by atoms with Gasteiger partial charge in [0.05, 0.1) is 23.1 Å². The predicted molar refractivity (Wildman–Crippen MR) is 123 cm³/mol. The van der Waals surface area contributed by atoms with Crippen molar-refractivity contribution >= 4 is 19.0 Å². The molecule has 0 aromatic carbocycles. The third-order valence-corrected chi connectivity index (χ3v) is 4.77. The molecule has 0 aliphatic carbocycles. The van der Waals surface area contributed by atoms with Crippen molar-refractivity contribution in [2.45, 2.75) is 13.8 Å². The molecular formula is C23H23ClN4O10PRu. The third-order valence-electron chi connectivity index (χ3n) is 3.94. The minimum absolute atomic E-state index is 0. The average molecular weight is 683 g/mol. The van der Waals surface area contributed by atoms with Crippen LogP contribution in [-0.2, 0) is 24.0 Å². The molecule has 1 radical (unpaired) electrons. The van der Waals surface area contributed by atoms with E-state index in [0.717, 1.165) is 6.07 Å². The van der Waals surface area contributed by atoms with E-state index in [1.54, 1.807) is 24.8 Å². The number of aryl methyl sites for hydroxylation is 2. The first-order valence-corrected chi connectivity index (χ1v) is 13.0. The zero-order valence-electron chi connectivity index (χ0n) is 20.8. The summed E-state index contributed by atoms with van der Waals surface area (Å²) in [5, 5.41) is 10.7. The van der Waals surface area contributed by atoms with Gasteiger partial charge in [-0.2, -0.15) is 0 Å². The van der Waals surface area contributed by atoms with Crippen molar-refractivity contribution in [2.75, 3.05) is 0 Å². The number of carbonyl (C=O) groups excluding carboxylic acids is 1. The Kier molecular flexibility index (Phi) is 18.6. The maximum Gasteiger partial charge on any atom is 3.00 e. The smallest absolute Gasteiger partial charge is 0.774 e. The minimum Gasteiger partial charge on any atom is -0.774 e. The quantitative estimate of drug-likeness (QED) is 0.159. The summed E-state index contributed by atoms with van der Waals surface area (Å²) in [4.78, 5) is 45.8. The first kappa shape index (κ1) is 39.1. The van der Waals surface area contributed by atoms with Crippen LogP contribution in [0, 0.1) is 24.1 Å². The Morgan fingerprint density at radius 1 is 0.775 bits per heavy atom. The Bertz CT molecular complexity index is 1290. The van der Waals surface area contributed by atoms with Gasteiger partial charge in [-0.1, -0.05) is 12.1 Å². The standard InChI is InChI=1S/C11H9N2O5P.2C6H7N.ClHO4.H2O.Ru/c14-11(15)9-5-1-3-7(12-9)8-4-2-6-10(13-8)19(16,17)18;2*1-6-2-4-7-5-3-6;2-1(3,4)5;;/h1-6H,(H,14,15)(H2,16,17,18);2*2-5H,1H3;(H,2,3,4,5);1H2;/q;;;;;+3/p-3. The van der Waals surface area contributed by atoms with E-state index in [2.05, 4.69) is 19.9 Å². The fourth-order valence-electron chi connectivity index (χ4n) is 2.27. The van der Waals surface area contributed by atoms with Crippen LogP contribution < -0.4 is 34.1 Å². The molecule has 4 rings (SSSR count). The Hall–Kier alpha value is -3.07. The van der Waals surface area contributed by atoms with E-state index in [-0.39, 0.29) is 42.0 Å². The van der Waals surface area contributed by atoms with Crippen LogP contribution in [-0.4, -0.2) is 36.3 Å². The van der Waals surface area contributed by atoms with Crippen molar-refractivity contribution in [3.05, 3.63) is 102 Å². The molecule has 3 N–H and O–H groups in total. The Labute approximate surface area is 244 Å². The summed E-state index contributed by atoms with van der Waals surface area (Å²) < 4.78 is 45.0. The van der Waals surface area contributed by atoms with E-state index in [4.69, 9.17) is 23.5 Å². The van der Waals surface area contributed by atoms with Crippen LogP contribution in [0.2, 0.25) is 0 Å². The van der Waals surface area contributed by atoms with Crippen molar-refractivity contribution in [1.82, 2.24) is 19.9 Å². The van der Waals surface area contributed by atoms with Gasteiger partial charge in [-0.3, -0.25) is 9.97 Å². The number of aromatic carboxylic acids is 1. The number of hydrogen-bond donors (Lipinski definition) is 1. The number of halogens is 1. The van der Waals surface area contributed by atoms with Gasteiger partial charge >= 0.3 is 19.5 Å². The van der Waals surface area contributed by atoms with Gasteiger partial charge in [-0.15, -0.1) is 10.2 Å². The molecule has 4 aromatic rings. The average Bonchev–Trinajstić information content (AvgIpc) is 2.84. The van der Waals surface area contributed by atoms with E-state index >= 15 is 0 Å². The second-order valence-electron chi connectivity index (χ2n) is 7.02. The number of nitrogens with zero attached hydrogens (tertiary/aromatic N) is 4. The van der Waals surface area contributed by atoms with Gasteiger partial charge in [0, 0.05) is 24.8 Å². The second kappa shape index (κ2) is 19.1. The summed E-state index contributed by atoms with van der Waals surface area (Å²) in [6, 6.07) is 16.0. The summed E-state index contributed by atoms with van der Waals surface area (Å²) in [6.07, 6.45) is 7.15. The number of pyridine rings is 4. The van der Waals surface area contributed by atoms with Gasteiger partial charge in [0.1, 0.15) is 5.44 Å². The van der Waals surface area contributed by atoms with Crippen LogP contribution in [0.25, 0.3) is 11.4 Å². The van der Waals surface area contributed by atoms with Crippen molar-refractivity contribution < 1.29 is 78.1 Å². The maximum atomic E-state index is 11.0. The summed E-state index contributed by atoms with van der Waals surface area (Å²) in [5.74, 6) is -1.45. The second-order valence-corrected chi connectivity index (χ2v) is 9.28. The van der Waals surface area contributed by atoms with E-state index < -0.39 is 29.2 Å². The van der Waals surface area contributed by atoms with Gasteiger partial charge in [-0.05, 0) is 73.5 Å². The molecule has 40 heavy (non-hydrogen) atoms. The SMILES string of the molecule is Cc1ccncc1.Cc1ccncc1.O.O=C([O-])c1cccc(-c2cccc(P(=O)([O-])O)n2)n1.[O-][Cl+3]([O-])([O-])[O-].[Ru+3]. The molecule has 0 saturated carbocycles. The molecule has 0 saturated heterocycles. The predicted octanol–water partition coefficient (Wildman–Crippen LogP) is -4.13. The van der Waals surface area contributed by atoms with Gasteiger partial charge in [0.15, 0.2) is 7.60 Å². The van der Waals surface area contributed by atoms with Gasteiger partial charge < -0.3 is 29.7 Å². The number of rotatable bonds is 3. The van der Waals surface area contributed by atoms with Crippen LogP contribution in [0.5, 0.6) is 0 Å². The van der Waals surface area contributed by atoms with Crippen LogP contribution in [0.3, 0.4) is 0 Å². The normalized spacial score (nSPS) is 11.1. The molecule has 1 atom stereocenters. The van der Waals surface area contributed by atoms with Crippen molar-refractivity contribution in [3.63, 3.8) is 0 Å². The Morgan fingerprint density at radius 3 is 1.48 bits per heavy atom. The van der Waals surface area contributed by atoms with Crippen molar-refractivity contribution in [2.24, 2.45) is 0 Å². The van der Waals surface area contributed by atoms with E-state index in [9.17, 15) is 19.4 Å². The molecule has 1 unspecified atom stereocenters. The first-order chi connectivity index (χ1) is 17.7. The third kappa shape index (κ3) is 18.3. The summed E-state index contributed by atoms with van der Waals surface area (Å²) in [7, 11) is -9.66. The molecule has 14 nitrogen and oxygen atoms in total. The number of hydrogen-bond acceptors (Lipinski definition) is 12. The zero-order valence-corrected chi connectivity index (χ0v) is 24.2. The van der Waals surface area contributed by atoms with Gasteiger partial charge in [-0.25, -0.2) is 28.6 Å². The Balaban J connectivity index is 0. The molecule has 0 amide bonds. The van der Waals surface area contributed by atoms with Crippen molar-refractivity contribution in [1.29, 1.82) is 0 Å². The Morgan fingerprint density at radius 2 is 1.15 bits per heavy atom. The zero-order chi connectivity index (χ0) is 28.8. The molecule has 4 heterocycles. The summed E-state index contributed by atoms with van der Waals surface area (Å²) in [6.45, 7) is 4.09. The fraction of sp³-hybridized carbons (Fsp3) is 0.0870. The molecule has 0 spiro atoms. The van der Waals surface area contributed by atoms with Crippen LogP contribution in [0.4, 0.5) is 0 Å². The maximum absolute atomic E-state index is 11.0. The van der Waals surface area contributed by atoms with Crippen molar-refractivity contribution in [3.8, 4) is 11.4 Å². The van der Waals surface area contributed by atoms with E-state index in [0.29, 0.717) is 0 Å². The number of carboxylic acid groups (broad SMARTS) is 1. The summed E-state index contributed by atoms with van der Waals surface area (Å²) >= 11 is 0. The van der Waals surface area contributed by atoms with Gasteiger partial charge in [0.25, 0.3) is 0 Å². The summed E-state index contributed by atoms with van der Waals surface area (Å²) in [5.41, 5.74) is 2.01. The monoisotopic (exact) mass is 683 g/mol. The first-order valence-electron chi connectivity index (χ1n) is 10.2. The molecule has 17 heteroatoms. The van der Waals surface area contributed by atoms with Crippen LogP contribution >= 0.6 is 7.60 Å². The topological polar surface area (TPSA) is 276 Å². The number of carboxylic acids is 1. The van der Waals surface area contributed by atoms with E-state index in [1.165, 1.54) is 41.5 Å². The largest absolute Gasteiger partial charge is 3.00 e. The molecule has 215 valence electrons. The minimum atomic E-state index is -4.94. The molecule has 0 bridgehead atoms. The molecule has 0 fully saturated rings. The number of carbonyl (C=O) groups is 1. The molecule has 0 aliphatic heterocycles. The van der Waals surface area contributed by atoms with Gasteiger partial charge in [0.2, 0.25) is 0 Å². The molecule has 0 aliphatic rings. The fourth-order valence-corrected chi connectivity index (χ4v) is 2.78. The van der Waals surface area contributed by atoms with Crippen LogP contribution in [0.15, 0.2) is 85.5 Å². The number of aromatic nitrogens is 4. The van der Waals surface area contributed by atoms with E-state index in [1.807, 2.05) is 38.1 Å². The molecule has 4 aromatic heterocycles.